The number of hydrogen-bond donors (Lipinski definition) is 1. The van der Waals surface area contributed by atoms with E-state index in [1.165, 1.54) is 6.07 Å². The third-order valence-corrected chi connectivity index (χ3v) is 4.31. The van der Waals surface area contributed by atoms with Crippen molar-refractivity contribution in [1.82, 2.24) is 0 Å². The Labute approximate surface area is 153 Å². The number of carboxylic acids is 1. The van der Waals surface area contributed by atoms with Crippen LogP contribution in [-0.2, 0) is 0 Å². The van der Waals surface area contributed by atoms with Crippen LogP contribution < -0.4 is 10.5 Å². The molecule has 26 heavy (non-hydrogen) atoms. The van der Waals surface area contributed by atoms with Crippen molar-refractivity contribution in [3.63, 3.8) is 0 Å². The Morgan fingerprint density at radius 1 is 1.15 bits per heavy atom. The first kappa shape index (κ1) is 19.6. The third kappa shape index (κ3) is 4.45. The number of nitrogens with zero attached hydrogens (tertiary/aromatic N) is 1. The van der Waals surface area contributed by atoms with Crippen molar-refractivity contribution in [3.05, 3.63) is 39.7 Å². The van der Waals surface area contributed by atoms with Gasteiger partial charge in [-0.25, -0.2) is 9.59 Å². The summed E-state index contributed by atoms with van der Waals surface area (Å²) in [5, 5.41) is 9.71. The normalized spacial score (nSPS) is 10.4. The van der Waals surface area contributed by atoms with Gasteiger partial charge in [0.25, 0.3) is 0 Å². The van der Waals surface area contributed by atoms with E-state index in [0.717, 1.165) is 50.0 Å². The first-order valence-electron chi connectivity index (χ1n) is 9.10. The Balaban J connectivity index is 2.57. The van der Waals surface area contributed by atoms with Crippen LogP contribution in [0, 0.1) is 11.8 Å². The average molecular weight is 355 g/mol. The fraction of sp³-hybridized carbons (Fsp3) is 0.429. The molecule has 0 atom stereocenters. The minimum atomic E-state index is -1.29. The van der Waals surface area contributed by atoms with Gasteiger partial charge in [-0.3, -0.25) is 0 Å². The molecule has 0 fully saturated rings. The van der Waals surface area contributed by atoms with E-state index < -0.39 is 11.6 Å². The molecule has 1 aromatic heterocycles. The molecule has 0 aliphatic rings. The maximum atomic E-state index is 11.9. The minimum absolute atomic E-state index is 0.366. The smallest absolute Gasteiger partial charge is 0.351 e. The zero-order valence-corrected chi connectivity index (χ0v) is 15.6. The van der Waals surface area contributed by atoms with E-state index in [4.69, 9.17) is 9.52 Å². The number of unbranched alkanes of at least 4 members (excludes halogenated alkanes) is 3. The lowest BCUT2D eigenvalue weighted by Gasteiger charge is -2.22. The van der Waals surface area contributed by atoms with E-state index in [0.29, 0.717) is 11.0 Å². The molecule has 0 saturated carbocycles. The van der Waals surface area contributed by atoms with E-state index in [1.54, 1.807) is 6.07 Å². The Morgan fingerprint density at radius 2 is 1.88 bits per heavy atom. The predicted molar refractivity (Wildman–Crippen MR) is 104 cm³/mol. The Morgan fingerprint density at radius 3 is 2.50 bits per heavy atom. The van der Waals surface area contributed by atoms with Gasteiger partial charge in [-0.15, -0.1) is 0 Å². The van der Waals surface area contributed by atoms with E-state index in [9.17, 15) is 9.59 Å². The fourth-order valence-corrected chi connectivity index (χ4v) is 2.85. The van der Waals surface area contributed by atoms with Gasteiger partial charge < -0.3 is 14.4 Å². The number of rotatable bonds is 7. The van der Waals surface area contributed by atoms with E-state index in [2.05, 4.69) is 37.5 Å². The second-order valence-corrected chi connectivity index (χ2v) is 6.09. The molecule has 1 heterocycles. The van der Waals surface area contributed by atoms with Crippen molar-refractivity contribution in [3.8, 4) is 11.8 Å². The summed E-state index contributed by atoms with van der Waals surface area (Å²) in [5.41, 5.74) is 0.891. The molecule has 5 heteroatoms. The Kier molecular flexibility index (Phi) is 6.85. The molecule has 0 saturated heterocycles. The standard InChI is InChI=1S/C21H25NO4/c1-4-7-8-9-10-11-15-12-16-13-17(20(23)24)21(25)26-19(16)14-18(15)22(5-2)6-3/h12-14H,4-9H2,1-3H3,(H,23,24). The molecular formula is C21H25NO4. The zero-order valence-electron chi connectivity index (χ0n) is 15.6. The lowest BCUT2D eigenvalue weighted by Crippen LogP contribution is -2.23. The average Bonchev–Trinajstić information content (AvgIpc) is 2.62. The highest BCUT2D eigenvalue weighted by Gasteiger charge is 2.15. The Hall–Kier alpha value is -2.74. The lowest BCUT2D eigenvalue weighted by molar-refractivity contribution is 0.0692. The van der Waals surface area contributed by atoms with Crippen molar-refractivity contribution in [2.24, 2.45) is 0 Å². The summed E-state index contributed by atoms with van der Waals surface area (Å²) < 4.78 is 5.24. The number of anilines is 1. The molecular weight excluding hydrogens is 330 g/mol. The van der Waals surface area contributed by atoms with Crippen LogP contribution in [-0.4, -0.2) is 24.2 Å². The quantitative estimate of drug-likeness (QED) is 0.456. The number of carbonyl (C=O) groups is 1. The SMILES string of the molecule is CCCCCC#Cc1cc2cc(C(=O)O)c(=O)oc2cc1N(CC)CC. The van der Waals surface area contributed by atoms with Gasteiger partial charge in [0.1, 0.15) is 11.1 Å². The van der Waals surface area contributed by atoms with Gasteiger partial charge in [-0.05, 0) is 32.4 Å². The fourth-order valence-electron chi connectivity index (χ4n) is 2.85. The summed E-state index contributed by atoms with van der Waals surface area (Å²) in [6.45, 7) is 7.85. The third-order valence-electron chi connectivity index (χ3n) is 4.31. The van der Waals surface area contributed by atoms with Crippen molar-refractivity contribution >= 4 is 22.6 Å². The maximum absolute atomic E-state index is 11.9. The van der Waals surface area contributed by atoms with Crippen molar-refractivity contribution in [2.45, 2.75) is 46.5 Å². The van der Waals surface area contributed by atoms with Crippen molar-refractivity contribution < 1.29 is 14.3 Å². The van der Waals surface area contributed by atoms with Crippen LogP contribution in [0.3, 0.4) is 0 Å². The van der Waals surface area contributed by atoms with Crippen molar-refractivity contribution in [2.75, 3.05) is 18.0 Å². The van der Waals surface area contributed by atoms with E-state index in [1.807, 2.05) is 6.07 Å². The van der Waals surface area contributed by atoms with Gasteiger partial charge in [-0.1, -0.05) is 31.6 Å². The minimum Gasteiger partial charge on any atom is -0.477 e. The van der Waals surface area contributed by atoms with Gasteiger partial charge in [0.2, 0.25) is 0 Å². The molecule has 138 valence electrons. The number of carboxylic acid groups (broad SMARTS) is 1. The summed E-state index contributed by atoms with van der Waals surface area (Å²) >= 11 is 0. The van der Waals surface area contributed by atoms with Crippen LogP contribution in [0.15, 0.2) is 27.4 Å². The molecule has 0 aliphatic carbocycles. The number of aromatic carboxylic acids is 1. The van der Waals surface area contributed by atoms with Crippen molar-refractivity contribution in [1.29, 1.82) is 0 Å². The van der Waals surface area contributed by atoms with Crippen LogP contribution in [0.4, 0.5) is 5.69 Å². The largest absolute Gasteiger partial charge is 0.477 e. The molecule has 2 aromatic rings. The number of benzene rings is 1. The molecule has 2 rings (SSSR count). The highest BCUT2D eigenvalue weighted by atomic mass is 16.4. The van der Waals surface area contributed by atoms with Crippen LogP contribution in [0.2, 0.25) is 0 Å². The first-order valence-corrected chi connectivity index (χ1v) is 9.10. The highest BCUT2D eigenvalue weighted by Crippen LogP contribution is 2.27. The lowest BCUT2D eigenvalue weighted by atomic mass is 10.1. The molecule has 0 amide bonds. The van der Waals surface area contributed by atoms with Gasteiger partial charge in [0.05, 0.1) is 5.69 Å². The van der Waals surface area contributed by atoms with Crippen LogP contribution in [0.25, 0.3) is 11.0 Å². The summed E-state index contributed by atoms with van der Waals surface area (Å²) in [6.07, 6.45) is 4.20. The van der Waals surface area contributed by atoms with Gasteiger partial charge in [-0.2, -0.15) is 0 Å². The van der Waals surface area contributed by atoms with Crippen LogP contribution in [0.1, 0.15) is 62.4 Å². The first-order chi connectivity index (χ1) is 12.5. The molecule has 0 radical (unpaired) electrons. The van der Waals surface area contributed by atoms with Crippen LogP contribution in [0.5, 0.6) is 0 Å². The topological polar surface area (TPSA) is 70.7 Å². The van der Waals surface area contributed by atoms with Crippen LogP contribution >= 0.6 is 0 Å². The number of hydrogen-bond acceptors (Lipinski definition) is 4. The monoisotopic (exact) mass is 355 g/mol. The predicted octanol–water partition coefficient (Wildman–Crippen LogP) is 4.27. The second-order valence-electron chi connectivity index (χ2n) is 6.09. The molecule has 5 nitrogen and oxygen atoms in total. The summed E-state index contributed by atoms with van der Waals surface area (Å²) in [5.74, 6) is 5.13. The molecule has 0 spiro atoms. The molecule has 1 N–H and O–H groups in total. The van der Waals surface area contributed by atoms with Gasteiger partial charge >= 0.3 is 11.6 Å². The zero-order chi connectivity index (χ0) is 19.1. The van der Waals surface area contributed by atoms with Gasteiger partial charge in [0, 0.05) is 36.5 Å². The summed E-state index contributed by atoms with van der Waals surface area (Å²) in [6, 6.07) is 4.95. The summed E-state index contributed by atoms with van der Waals surface area (Å²) in [4.78, 5) is 25.2. The summed E-state index contributed by atoms with van der Waals surface area (Å²) in [7, 11) is 0. The van der Waals surface area contributed by atoms with Gasteiger partial charge in [0.15, 0.2) is 0 Å². The second kappa shape index (κ2) is 9.10. The highest BCUT2D eigenvalue weighted by molar-refractivity contribution is 5.93. The van der Waals surface area contributed by atoms with E-state index >= 15 is 0 Å². The Bertz CT molecular complexity index is 898. The molecule has 0 bridgehead atoms. The molecule has 0 unspecified atom stereocenters. The molecule has 1 aromatic carbocycles. The van der Waals surface area contributed by atoms with E-state index in [-0.39, 0.29) is 5.56 Å². The maximum Gasteiger partial charge on any atom is 0.351 e. The molecule has 0 aliphatic heterocycles. The number of fused-ring (bicyclic) bond motifs is 1.